The second kappa shape index (κ2) is 7.29. The fourth-order valence-electron chi connectivity index (χ4n) is 1.58. The molecule has 5 nitrogen and oxygen atoms in total. The summed E-state index contributed by atoms with van der Waals surface area (Å²) in [6.45, 7) is 2.55. The van der Waals surface area contributed by atoms with Gasteiger partial charge in [-0.15, -0.1) is 4.08 Å². The zero-order valence-electron chi connectivity index (χ0n) is 13.0. The van der Waals surface area contributed by atoms with E-state index in [0.29, 0.717) is 0 Å². The van der Waals surface area contributed by atoms with E-state index in [9.17, 15) is 13.0 Å². The molecule has 0 aromatic heterocycles. The summed E-state index contributed by atoms with van der Waals surface area (Å²) in [5.41, 5.74) is 0.974. The van der Waals surface area contributed by atoms with Crippen LogP contribution in [0.2, 0.25) is 0 Å². The van der Waals surface area contributed by atoms with Crippen molar-refractivity contribution in [2.75, 3.05) is 14.1 Å². The van der Waals surface area contributed by atoms with Crippen LogP contribution in [0.15, 0.2) is 29.2 Å². The first-order chi connectivity index (χ1) is 9.67. The topological polar surface area (TPSA) is 66.5 Å². The lowest BCUT2D eigenvalue weighted by Gasteiger charge is -2.28. The molecule has 0 aliphatic rings. The monoisotopic (exact) mass is 350 g/mol. The van der Waals surface area contributed by atoms with Gasteiger partial charge in [-0.3, -0.25) is 4.57 Å². The van der Waals surface area contributed by atoms with Crippen molar-refractivity contribution < 1.29 is 13.0 Å². The lowest BCUT2D eigenvalue weighted by Crippen LogP contribution is -2.28. The first-order valence-electron chi connectivity index (χ1n) is 6.71. The largest absolute Gasteiger partial charge is 0.282 e. The summed E-state index contributed by atoms with van der Waals surface area (Å²) >= 11 is 1.17. The maximum atomic E-state index is 12.9. The predicted octanol–water partition coefficient (Wildman–Crippen LogP) is 3.47. The summed E-state index contributed by atoms with van der Waals surface area (Å²) in [6, 6.07) is 6.53. The smallest absolute Gasteiger partial charge is 0.276 e. The molecule has 0 aliphatic heterocycles. The van der Waals surface area contributed by atoms with Gasteiger partial charge in [-0.1, -0.05) is 42.9 Å². The summed E-state index contributed by atoms with van der Waals surface area (Å²) in [5, 5.41) is 2.79. The summed E-state index contributed by atoms with van der Waals surface area (Å²) in [4.78, 5) is 0.149. The van der Waals surface area contributed by atoms with Crippen LogP contribution in [0, 0.1) is 6.92 Å². The third kappa shape index (κ3) is 4.33. The van der Waals surface area contributed by atoms with Crippen LogP contribution >= 0.6 is 18.0 Å². The van der Waals surface area contributed by atoms with Crippen molar-refractivity contribution in [1.29, 1.82) is 0 Å². The Morgan fingerprint density at radius 3 is 2.29 bits per heavy atom. The van der Waals surface area contributed by atoms with Crippen molar-refractivity contribution in [3.63, 3.8) is 0 Å². The molecule has 1 rings (SSSR count). The van der Waals surface area contributed by atoms with Gasteiger partial charge in [0.2, 0.25) is 10.0 Å². The zero-order valence-corrected chi connectivity index (χ0v) is 15.6. The van der Waals surface area contributed by atoms with Gasteiger partial charge in [-0.25, -0.2) is 13.5 Å². The number of rotatable bonds is 7. The van der Waals surface area contributed by atoms with Gasteiger partial charge in [0, 0.05) is 12.3 Å². The minimum absolute atomic E-state index is 0.0963. The Bertz CT molecular complexity index is 617. The van der Waals surface area contributed by atoms with Crippen molar-refractivity contribution in [2.45, 2.75) is 37.3 Å². The number of aryl methyl sites for hydroxylation is 1. The fourth-order valence-corrected chi connectivity index (χ4v) is 8.95. The summed E-state index contributed by atoms with van der Waals surface area (Å²) < 4.78 is 39.1. The molecule has 8 heteroatoms. The van der Waals surface area contributed by atoms with E-state index in [-0.39, 0.29) is 10.1 Å². The molecule has 1 N–H and O–H groups in total. The molecule has 0 fully saturated rings. The lowest BCUT2D eigenvalue weighted by molar-refractivity contribution is 0.526. The first-order valence-corrected chi connectivity index (χ1v) is 11.3. The minimum atomic E-state index is -3.79. The lowest BCUT2D eigenvalue weighted by atomic mass is 10.2. The highest BCUT2D eigenvalue weighted by molar-refractivity contribution is 8.58. The molecule has 0 heterocycles. The highest BCUT2D eigenvalue weighted by atomic mass is 32.7. The number of nitrogens with one attached hydrogen (secondary N) is 1. The Balaban J connectivity index is 3.16. The molecular weight excluding hydrogens is 327 g/mol. The first kappa shape index (κ1) is 18.7. The van der Waals surface area contributed by atoms with E-state index in [1.165, 1.54) is 37.6 Å². The van der Waals surface area contributed by atoms with Crippen LogP contribution in [-0.2, 0) is 14.6 Å². The Morgan fingerprint density at radius 2 is 1.86 bits per heavy atom. The van der Waals surface area contributed by atoms with Crippen molar-refractivity contribution in [1.82, 2.24) is 9.16 Å². The molecule has 0 saturated heterocycles. The normalized spacial score (nSPS) is 16.7. The molecule has 1 aromatic carbocycles. The van der Waals surface area contributed by atoms with E-state index >= 15 is 0 Å². The highest BCUT2D eigenvalue weighted by Gasteiger charge is 2.37. The maximum Gasteiger partial charge on any atom is 0.282 e. The van der Waals surface area contributed by atoms with Crippen molar-refractivity contribution in [3.05, 3.63) is 29.8 Å². The Hall–Kier alpha value is -0.330. The molecule has 0 amide bonds. The highest BCUT2D eigenvalue weighted by Crippen LogP contribution is 2.60. The van der Waals surface area contributed by atoms with Crippen LogP contribution in [0.5, 0.6) is 0 Å². The van der Waals surface area contributed by atoms with Gasteiger partial charge in [-0.05, 0) is 32.5 Å². The van der Waals surface area contributed by atoms with Crippen LogP contribution in [0.25, 0.3) is 0 Å². The zero-order chi connectivity index (χ0) is 16.3. The molecule has 120 valence electrons. The number of nitrogens with zero attached hydrogens (tertiary/aromatic N) is 1. The molecule has 1 aromatic rings. The SMILES string of the molecule is CCC(C)SP(=O)(NC)N(C)S(=O)(=O)c1ccc(C)cc1. The molecule has 2 unspecified atom stereocenters. The Morgan fingerprint density at radius 1 is 1.33 bits per heavy atom. The van der Waals surface area contributed by atoms with Gasteiger partial charge in [0.25, 0.3) is 6.65 Å². The van der Waals surface area contributed by atoms with E-state index in [1.54, 1.807) is 12.1 Å². The van der Waals surface area contributed by atoms with Crippen LogP contribution in [-0.4, -0.2) is 31.8 Å². The maximum absolute atomic E-state index is 12.9. The van der Waals surface area contributed by atoms with Gasteiger partial charge in [0.05, 0.1) is 4.90 Å². The van der Waals surface area contributed by atoms with Gasteiger partial charge < -0.3 is 0 Å². The fraction of sp³-hybridized carbons (Fsp3) is 0.538. The molecule has 0 radical (unpaired) electrons. The molecule has 0 saturated carbocycles. The Labute approximate surface area is 131 Å². The molecule has 0 aliphatic carbocycles. The summed E-state index contributed by atoms with van der Waals surface area (Å²) in [5.74, 6) is 0. The summed E-state index contributed by atoms with van der Waals surface area (Å²) in [6.07, 6.45) is 0.814. The second-order valence-electron chi connectivity index (χ2n) is 4.82. The molecule has 0 bridgehead atoms. The second-order valence-corrected chi connectivity index (χ2v) is 12.3. The van der Waals surface area contributed by atoms with E-state index in [4.69, 9.17) is 0 Å². The van der Waals surface area contributed by atoms with Crippen LogP contribution < -0.4 is 5.09 Å². The van der Waals surface area contributed by atoms with Crippen LogP contribution in [0.1, 0.15) is 25.8 Å². The van der Waals surface area contributed by atoms with Gasteiger partial charge >= 0.3 is 0 Å². The molecule has 21 heavy (non-hydrogen) atoms. The summed E-state index contributed by atoms with van der Waals surface area (Å²) in [7, 11) is -0.904. The molecule has 0 spiro atoms. The Kier molecular flexibility index (Phi) is 6.50. The number of hydrogen-bond donors (Lipinski definition) is 1. The third-order valence-corrected chi connectivity index (χ3v) is 11.9. The van der Waals surface area contributed by atoms with Gasteiger partial charge in [0.15, 0.2) is 0 Å². The van der Waals surface area contributed by atoms with E-state index in [0.717, 1.165) is 16.1 Å². The van der Waals surface area contributed by atoms with E-state index < -0.39 is 16.7 Å². The standard InChI is InChI=1S/C13H23N2O3PS2/c1-6-12(3)20-19(16,14-4)15(5)21(17,18)13-9-7-11(2)8-10-13/h7-10,12H,6H2,1-5H3,(H,14,16). The number of sulfonamides is 1. The third-order valence-electron chi connectivity index (χ3n) is 3.22. The van der Waals surface area contributed by atoms with Gasteiger partial charge in [0.1, 0.15) is 0 Å². The van der Waals surface area contributed by atoms with Gasteiger partial charge in [-0.2, -0.15) is 0 Å². The number of benzene rings is 1. The van der Waals surface area contributed by atoms with E-state index in [2.05, 4.69) is 5.09 Å². The number of hydrogen-bond acceptors (Lipinski definition) is 4. The molecular formula is C13H23N2O3PS2. The van der Waals surface area contributed by atoms with Crippen LogP contribution in [0.3, 0.4) is 0 Å². The minimum Gasteiger partial charge on any atom is -0.276 e. The van der Waals surface area contributed by atoms with Crippen molar-refractivity contribution in [2.24, 2.45) is 0 Å². The van der Waals surface area contributed by atoms with Crippen molar-refractivity contribution >= 4 is 28.1 Å². The van der Waals surface area contributed by atoms with E-state index in [1.807, 2.05) is 20.8 Å². The quantitative estimate of drug-likeness (QED) is 0.763. The predicted molar refractivity (Wildman–Crippen MR) is 90.1 cm³/mol. The average Bonchev–Trinajstić information content (AvgIpc) is 2.46. The van der Waals surface area contributed by atoms with Crippen LogP contribution in [0.4, 0.5) is 0 Å². The molecule has 2 atom stereocenters. The average molecular weight is 350 g/mol. The van der Waals surface area contributed by atoms with Crippen molar-refractivity contribution in [3.8, 4) is 0 Å².